The van der Waals surface area contributed by atoms with Crippen LogP contribution in [-0.4, -0.2) is 38.7 Å². The summed E-state index contributed by atoms with van der Waals surface area (Å²) in [4.78, 5) is 2.62. The Morgan fingerprint density at radius 3 is 2.28 bits per heavy atom. The molecule has 0 spiro atoms. The van der Waals surface area contributed by atoms with Crippen LogP contribution in [0.15, 0.2) is 29.2 Å². The monoisotopic (exact) mass is 268 g/mol. The van der Waals surface area contributed by atoms with Gasteiger partial charge in [-0.2, -0.15) is 0 Å². The van der Waals surface area contributed by atoms with Gasteiger partial charge in [0.1, 0.15) is 0 Å². The summed E-state index contributed by atoms with van der Waals surface area (Å²) in [5, 5.41) is 0. The molecule has 1 aromatic rings. The third-order valence-electron chi connectivity index (χ3n) is 3.39. The summed E-state index contributed by atoms with van der Waals surface area (Å²) in [5.74, 6) is 0.203. The molecule has 1 fully saturated rings. The normalized spacial score (nSPS) is 17.2. The van der Waals surface area contributed by atoms with Gasteiger partial charge < -0.3 is 10.6 Å². The van der Waals surface area contributed by atoms with Crippen molar-refractivity contribution in [3.63, 3.8) is 0 Å². The number of nitrogens with two attached hydrogens (primary N) is 1. The maximum Gasteiger partial charge on any atom is 0.179 e. The Hall–Kier alpha value is -0.910. The van der Waals surface area contributed by atoms with E-state index in [0.29, 0.717) is 18.0 Å². The van der Waals surface area contributed by atoms with Gasteiger partial charge in [0.15, 0.2) is 9.84 Å². The van der Waals surface area contributed by atoms with Crippen molar-refractivity contribution in [1.29, 1.82) is 0 Å². The standard InChI is InChI=1S/C13H20N2O2S/c14-11-12-3-5-13(6-4-12)18(16,17)10-9-15-7-1-2-8-15/h3-6H,1-2,7-11,14H2. The van der Waals surface area contributed by atoms with Crippen LogP contribution in [0.3, 0.4) is 0 Å². The predicted molar refractivity (Wildman–Crippen MR) is 72.1 cm³/mol. The molecule has 2 rings (SSSR count). The van der Waals surface area contributed by atoms with Crippen LogP contribution in [0.25, 0.3) is 0 Å². The van der Waals surface area contributed by atoms with E-state index in [1.54, 1.807) is 24.3 Å². The maximum absolute atomic E-state index is 12.1. The fourth-order valence-corrected chi connectivity index (χ4v) is 3.49. The summed E-state index contributed by atoms with van der Waals surface area (Å²) in [6.45, 7) is 3.14. The minimum Gasteiger partial charge on any atom is -0.326 e. The second-order valence-electron chi connectivity index (χ2n) is 4.72. The van der Waals surface area contributed by atoms with Crippen molar-refractivity contribution in [1.82, 2.24) is 4.90 Å². The van der Waals surface area contributed by atoms with Crippen molar-refractivity contribution in [2.45, 2.75) is 24.3 Å². The fraction of sp³-hybridized carbons (Fsp3) is 0.538. The van der Waals surface area contributed by atoms with Crippen LogP contribution < -0.4 is 5.73 Å². The van der Waals surface area contributed by atoms with Crippen LogP contribution in [0.1, 0.15) is 18.4 Å². The molecule has 0 radical (unpaired) electrons. The second-order valence-corrected chi connectivity index (χ2v) is 6.82. The van der Waals surface area contributed by atoms with E-state index in [1.165, 1.54) is 12.8 Å². The number of nitrogens with zero attached hydrogens (tertiary/aromatic N) is 1. The highest BCUT2D eigenvalue weighted by molar-refractivity contribution is 7.91. The molecule has 1 aliphatic heterocycles. The van der Waals surface area contributed by atoms with E-state index in [9.17, 15) is 8.42 Å². The van der Waals surface area contributed by atoms with Gasteiger partial charge in [0.25, 0.3) is 0 Å². The van der Waals surface area contributed by atoms with Crippen LogP contribution in [0.2, 0.25) is 0 Å². The van der Waals surface area contributed by atoms with Crippen molar-refractivity contribution in [3.05, 3.63) is 29.8 Å². The Kier molecular flexibility index (Phi) is 4.37. The molecular formula is C13H20N2O2S. The first-order valence-electron chi connectivity index (χ1n) is 6.36. The molecule has 1 heterocycles. The first-order valence-corrected chi connectivity index (χ1v) is 8.01. The summed E-state index contributed by atoms with van der Waals surface area (Å²) >= 11 is 0. The van der Waals surface area contributed by atoms with E-state index in [2.05, 4.69) is 4.90 Å². The molecule has 0 aliphatic carbocycles. The lowest BCUT2D eigenvalue weighted by atomic mass is 10.2. The van der Waals surface area contributed by atoms with Crippen LogP contribution in [-0.2, 0) is 16.4 Å². The second kappa shape index (κ2) is 5.82. The number of hydrogen-bond donors (Lipinski definition) is 1. The maximum atomic E-state index is 12.1. The highest BCUT2D eigenvalue weighted by atomic mass is 32.2. The average molecular weight is 268 g/mol. The van der Waals surface area contributed by atoms with E-state index >= 15 is 0 Å². The summed E-state index contributed by atoms with van der Waals surface area (Å²) in [7, 11) is -3.16. The third kappa shape index (κ3) is 3.31. The minimum absolute atomic E-state index is 0.203. The Bertz CT molecular complexity index is 476. The topological polar surface area (TPSA) is 63.4 Å². The summed E-state index contributed by atoms with van der Waals surface area (Å²) < 4.78 is 24.3. The van der Waals surface area contributed by atoms with Crippen LogP contribution in [0, 0.1) is 0 Å². The first kappa shape index (κ1) is 13.5. The van der Waals surface area contributed by atoms with Gasteiger partial charge in [-0.25, -0.2) is 8.42 Å². The van der Waals surface area contributed by atoms with E-state index in [-0.39, 0.29) is 5.75 Å². The number of likely N-dealkylation sites (tertiary alicyclic amines) is 1. The zero-order valence-electron chi connectivity index (χ0n) is 10.5. The van der Waals surface area contributed by atoms with Gasteiger partial charge in [-0.05, 0) is 43.6 Å². The van der Waals surface area contributed by atoms with E-state index in [1.807, 2.05) is 0 Å². The highest BCUT2D eigenvalue weighted by Gasteiger charge is 2.18. The molecule has 1 aromatic carbocycles. The molecule has 0 bridgehead atoms. The van der Waals surface area contributed by atoms with E-state index in [4.69, 9.17) is 5.73 Å². The zero-order valence-corrected chi connectivity index (χ0v) is 11.3. The quantitative estimate of drug-likeness (QED) is 0.866. The fourth-order valence-electron chi connectivity index (χ4n) is 2.21. The molecule has 0 amide bonds. The van der Waals surface area contributed by atoms with Crippen molar-refractivity contribution in [3.8, 4) is 0 Å². The molecule has 2 N–H and O–H groups in total. The lowest BCUT2D eigenvalue weighted by Gasteiger charge is -2.14. The zero-order chi connectivity index (χ0) is 13.0. The minimum atomic E-state index is -3.16. The molecule has 5 heteroatoms. The van der Waals surface area contributed by atoms with Crippen molar-refractivity contribution < 1.29 is 8.42 Å². The van der Waals surface area contributed by atoms with Gasteiger partial charge in [0, 0.05) is 13.1 Å². The Balaban J connectivity index is 2.00. The Morgan fingerprint density at radius 2 is 1.72 bits per heavy atom. The van der Waals surface area contributed by atoms with E-state index < -0.39 is 9.84 Å². The van der Waals surface area contributed by atoms with Gasteiger partial charge in [-0.1, -0.05) is 12.1 Å². The molecule has 100 valence electrons. The number of sulfone groups is 1. The molecule has 0 aromatic heterocycles. The van der Waals surface area contributed by atoms with Gasteiger partial charge in [-0.3, -0.25) is 0 Å². The van der Waals surface area contributed by atoms with Gasteiger partial charge in [-0.15, -0.1) is 0 Å². The molecule has 0 saturated carbocycles. The number of benzene rings is 1. The van der Waals surface area contributed by atoms with Crippen LogP contribution >= 0.6 is 0 Å². The lowest BCUT2D eigenvalue weighted by Crippen LogP contribution is -2.26. The van der Waals surface area contributed by atoms with Crippen molar-refractivity contribution in [2.75, 3.05) is 25.4 Å². The smallest absolute Gasteiger partial charge is 0.179 e. The lowest BCUT2D eigenvalue weighted by molar-refractivity contribution is 0.359. The average Bonchev–Trinajstić information content (AvgIpc) is 2.90. The third-order valence-corrected chi connectivity index (χ3v) is 5.10. The van der Waals surface area contributed by atoms with Crippen LogP contribution in [0.5, 0.6) is 0 Å². The molecule has 0 unspecified atom stereocenters. The van der Waals surface area contributed by atoms with Crippen LogP contribution in [0.4, 0.5) is 0 Å². The first-order chi connectivity index (χ1) is 8.62. The Labute approximate surface area is 109 Å². The molecular weight excluding hydrogens is 248 g/mol. The molecule has 1 aliphatic rings. The number of rotatable bonds is 5. The van der Waals surface area contributed by atoms with Crippen molar-refractivity contribution in [2.24, 2.45) is 5.73 Å². The molecule has 0 atom stereocenters. The summed E-state index contributed by atoms with van der Waals surface area (Å²) in [6, 6.07) is 6.87. The molecule has 18 heavy (non-hydrogen) atoms. The van der Waals surface area contributed by atoms with Gasteiger partial charge >= 0.3 is 0 Å². The molecule has 4 nitrogen and oxygen atoms in total. The SMILES string of the molecule is NCc1ccc(S(=O)(=O)CCN2CCCC2)cc1. The van der Waals surface area contributed by atoms with Gasteiger partial charge in [0.05, 0.1) is 10.6 Å². The van der Waals surface area contributed by atoms with E-state index in [0.717, 1.165) is 18.7 Å². The van der Waals surface area contributed by atoms with Crippen molar-refractivity contribution >= 4 is 9.84 Å². The molecule has 1 saturated heterocycles. The largest absolute Gasteiger partial charge is 0.326 e. The number of hydrogen-bond acceptors (Lipinski definition) is 4. The van der Waals surface area contributed by atoms with Gasteiger partial charge in [0.2, 0.25) is 0 Å². The summed E-state index contributed by atoms with van der Waals surface area (Å²) in [6.07, 6.45) is 2.37. The predicted octanol–water partition coefficient (Wildman–Crippen LogP) is 1.01. The highest BCUT2D eigenvalue weighted by Crippen LogP contribution is 2.14. The summed E-state index contributed by atoms with van der Waals surface area (Å²) in [5.41, 5.74) is 6.45. The Morgan fingerprint density at radius 1 is 1.11 bits per heavy atom.